The molecule has 0 saturated heterocycles. The van der Waals surface area contributed by atoms with E-state index in [1.807, 2.05) is 0 Å². The number of rotatable bonds is 2. The van der Waals surface area contributed by atoms with Crippen LogP contribution in [0.1, 0.15) is 12.5 Å². The molecule has 0 bridgehead atoms. The molecule has 0 heterocycles. The van der Waals surface area contributed by atoms with E-state index in [9.17, 15) is 9.18 Å². The van der Waals surface area contributed by atoms with Gasteiger partial charge in [0.25, 0.3) is 0 Å². The Balaban J connectivity index is 3.29. The Bertz CT molecular complexity index is 354. The molecule has 0 radical (unpaired) electrons. The second-order valence-corrected chi connectivity index (χ2v) is 3.73. The van der Waals surface area contributed by atoms with Crippen LogP contribution in [0.4, 0.5) is 4.39 Å². The molecule has 0 aliphatic rings. The molecule has 0 amide bonds. The van der Waals surface area contributed by atoms with Crippen molar-refractivity contribution in [2.45, 2.75) is 6.92 Å². The number of halogens is 2. The molecule has 0 unspecified atom stereocenters. The van der Waals surface area contributed by atoms with Gasteiger partial charge in [-0.3, -0.25) is 4.79 Å². The van der Waals surface area contributed by atoms with E-state index in [1.165, 1.54) is 6.07 Å². The van der Waals surface area contributed by atoms with Crippen LogP contribution in [-0.4, -0.2) is 6.29 Å². The highest BCUT2D eigenvalue weighted by molar-refractivity contribution is 9.11. The molecule has 0 aliphatic carbocycles. The van der Waals surface area contributed by atoms with Crippen molar-refractivity contribution in [3.05, 3.63) is 40.1 Å². The van der Waals surface area contributed by atoms with Crippen LogP contribution in [0.5, 0.6) is 0 Å². The molecule has 0 aromatic heterocycles. The normalized spacial score (nSPS) is 12.2. The maximum atomic E-state index is 13.2. The Morgan fingerprint density at radius 1 is 1.46 bits per heavy atom. The molecule has 0 spiro atoms. The van der Waals surface area contributed by atoms with E-state index in [0.717, 1.165) is 0 Å². The first-order chi connectivity index (χ1) is 6.16. The molecule has 13 heavy (non-hydrogen) atoms. The number of hydrogen-bond acceptors (Lipinski definition) is 1. The van der Waals surface area contributed by atoms with Gasteiger partial charge in [0, 0.05) is 15.6 Å². The lowest BCUT2D eigenvalue weighted by atomic mass is 10.1. The molecule has 1 nitrogen and oxygen atoms in total. The SMILES string of the molecule is C/C(Br)=C(/C=O)c1ccccc1F. The van der Waals surface area contributed by atoms with Crippen molar-refractivity contribution < 1.29 is 9.18 Å². The quantitative estimate of drug-likeness (QED) is 0.576. The highest BCUT2D eigenvalue weighted by atomic mass is 79.9. The third-order valence-corrected chi connectivity index (χ3v) is 2.08. The lowest BCUT2D eigenvalue weighted by Crippen LogP contribution is -1.91. The van der Waals surface area contributed by atoms with Crippen LogP contribution < -0.4 is 0 Å². The lowest BCUT2D eigenvalue weighted by molar-refractivity contribution is -0.103. The predicted octanol–water partition coefficient (Wildman–Crippen LogP) is 3.15. The molecule has 0 fully saturated rings. The fourth-order valence-electron chi connectivity index (χ4n) is 1.01. The van der Waals surface area contributed by atoms with Crippen LogP contribution in [0.15, 0.2) is 28.7 Å². The molecule has 68 valence electrons. The van der Waals surface area contributed by atoms with Gasteiger partial charge in [0.1, 0.15) is 5.82 Å². The average Bonchev–Trinajstić information content (AvgIpc) is 2.09. The van der Waals surface area contributed by atoms with Gasteiger partial charge in [0.15, 0.2) is 6.29 Å². The van der Waals surface area contributed by atoms with Crippen LogP contribution in [-0.2, 0) is 4.79 Å². The second-order valence-electron chi connectivity index (χ2n) is 2.54. The van der Waals surface area contributed by atoms with Crippen molar-refractivity contribution in [1.29, 1.82) is 0 Å². The summed E-state index contributed by atoms with van der Waals surface area (Å²) in [6.45, 7) is 1.70. The van der Waals surface area contributed by atoms with Crippen LogP contribution in [0.3, 0.4) is 0 Å². The maximum Gasteiger partial charge on any atom is 0.151 e. The molecule has 0 saturated carbocycles. The molecule has 0 aliphatic heterocycles. The first-order valence-corrected chi connectivity index (χ1v) is 4.52. The summed E-state index contributed by atoms with van der Waals surface area (Å²) in [5.41, 5.74) is 0.671. The molecule has 1 aromatic rings. The minimum Gasteiger partial charge on any atom is -0.298 e. The number of aldehydes is 1. The predicted molar refractivity (Wildman–Crippen MR) is 54.0 cm³/mol. The highest BCUT2D eigenvalue weighted by Crippen LogP contribution is 2.22. The molecule has 0 atom stereocenters. The Morgan fingerprint density at radius 3 is 2.54 bits per heavy atom. The summed E-state index contributed by atoms with van der Waals surface area (Å²) in [6.07, 6.45) is 0.641. The number of benzene rings is 1. The Morgan fingerprint density at radius 2 is 2.08 bits per heavy atom. The van der Waals surface area contributed by atoms with E-state index in [4.69, 9.17) is 0 Å². The largest absolute Gasteiger partial charge is 0.298 e. The molecule has 0 N–H and O–H groups in total. The topological polar surface area (TPSA) is 17.1 Å². The fourth-order valence-corrected chi connectivity index (χ4v) is 1.32. The average molecular weight is 243 g/mol. The van der Waals surface area contributed by atoms with E-state index in [2.05, 4.69) is 15.9 Å². The molecule has 3 heteroatoms. The smallest absolute Gasteiger partial charge is 0.151 e. The van der Waals surface area contributed by atoms with Crippen molar-refractivity contribution in [3.8, 4) is 0 Å². The van der Waals surface area contributed by atoms with E-state index in [0.29, 0.717) is 21.9 Å². The summed E-state index contributed by atoms with van der Waals surface area (Å²) in [5.74, 6) is -0.386. The van der Waals surface area contributed by atoms with Crippen molar-refractivity contribution in [2.75, 3.05) is 0 Å². The third-order valence-electron chi connectivity index (χ3n) is 1.65. The monoisotopic (exact) mass is 242 g/mol. The highest BCUT2D eigenvalue weighted by Gasteiger charge is 2.07. The van der Waals surface area contributed by atoms with Gasteiger partial charge in [-0.1, -0.05) is 34.1 Å². The van der Waals surface area contributed by atoms with E-state index < -0.39 is 0 Å². The molecule has 1 aromatic carbocycles. The van der Waals surface area contributed by atoms with Crippen molar-refractivity contribution in [3.63, 3.8) is 0 Å². The number of carbonyl (C=O) groups excluding carboxylic acids is 1. The van der Waals surface area contributed by atoms with E-state index >= 15 is 0 Å². The molecular weight excluding hydrogens is 235 g/mol. The lowest BCUT2D eigenvalue weighted by Gasteiger charge is -2.02. The zero-order valence-electron chi connectivity index (χ0n) is 7.05. The van der Waals surface area contributed by atoms with Gasteiger partial charge in [-0.15, -0.1) is 0 Å². The van der Waals surface area contributed by atoms with Gasteiger partial charge in [0.2, 0.25) is 0 Å². The van der Waals surface area contributed by atoms with Crippen molar-refractivity contribution >= 4 is 27.8 Å². The number of allylic oxidation sites excluding steroid dienone is 2. The summed E-state index contributed by atoms with van der Waals surface area (Å²) in [6, 6.07) is 6.18. The standard InChI is InChI=1S/C10H8BrFO/c1-7(11)9(6-13)8-4-2-3-5-10(8)12/h2-6H,1H3/b9-7+. The van der Waals surface area contributed by atoms with Crippen molar-refractivity contribution in [1.82, 2.24) is 0 Å². The Hall–Kier alpha value is -0.960. The zero-order valence-corrected chi connectivity index (χ0v) is 8.64. The van der Waals surface area contributed by atoms with Gasteiger partial charge in [-0.25, -0.2) is 4.39 Å². The fraction of sp³-hybridized carbons (Fsp3) is 0.100. The summed E-state index contributed by atoms with van der Waals surface area (Å²) < 4.78 is 13.8. The number of hydrogen-bond donors (Lipinski definition) is 0. The Labute approximate surface area is 84.4 Å². The summed E-state index contributed by atoms with van der Waals surface area (Å²) in [5, 5.41) is 0. The van der Waals surface area contributed by atoms with E-state index in [-0.39, 0.29) is 5.82 Å². The third kappa shape index (κ3) is 2.25. The molecular formula is C10H8BrFO. The first kappa shape index (κ1) is 10.1. The number of carbonyl (C=O) groups is 1. The summed E-state index contributed by atoms with van der Waals surface area (Å²) in [4.78, 5) is 10.6. The summed E-state index contributed by atoms with van der Waals surface area (Å²) >= 11 is 3.15. The van der Waals surface area contributed by atoms with Gasteiger partial charge < -0.3 is 0 Å². The minimum atomic E-state index is -0.386. The van der Waals surface area contributed by atoms with Crippen LogP contribution >= 0.6 is 15.9 Å². The zero-order chi connectivity index (χ0) is 9.84. The second kappa shape index (κ2) is 4.33. The maximum absolute atomic E-state index is 13.2. The van der Waals surface area contributed by atoms with Crippen molar-refractivity contribution in [2.24, 2.45) is 0 Å². The van der Waals surface area contributed by atoms with Gasteiger partial charge in [0.05, 0.1) is 0 Å². The Kier molecular flexibility index (Phi) is 3.37. The minimum absolute atomic E-state index is 0.326. The van der Waals surface area contributed by atoms with Gasteiger partial charge in [-0.05, 0) is 13.0 Å². The van der Waals surface area contributed by atoms with Crippen LogP contribution in [0, 0.1) is 5.82 Å². The van der Waals surface area contributed by atoms with Gasteiger partial charge in [-0.2, -0.15) is 0 Å². The van der Waals surface area contributed by atoms with E-state index in [1.54, 1.807) is 25.1 Å². The first-order valence-electron chi connectivity index (χ1n) is 3.73. The summed E-state index contributed by atoms with van der Waals surface area (Å²) in [7, 11) is 0. The van der Waals surface area contributed by atoms with Crippen LogP contribution in [0.2, 0.25) is 0 Å². The van der Waals surface area contributed by atoms with Gasteiger partial charge >= 0.3 is 0 Å². The van der Waals surface area contributed by atoms with Crippen LogP contribution in [0.25, 0.3) is 5.57 Å². The molecule has 1 rings (SSSR count).